The molecule has 8 nitrogen and oxygen atoms in total. The van der Waals surface area contributed by atoms with Gasteiger partial charge < -0.3 is 24.5 Å². The zero-order valence-electron chi connectivity index (χ0n) is 26.1. The zero-order valence-corrected chi connectivity index (χ0v) is 26.1. The Morgan fingerprint density at radius 3 is 2.50 bits per heavy atom. The lowest BCUT2D eigenvalue weighted by Gasteiger charge is -2.39. The van der Waals surface area contributed by atoms with Crippen molar-refractivity contribution >= 4 is 23.4 Å². The number of unbranched alkanes of at least 4 members (excludes halogenated alkanes) is 2. The van der Waals surface area contributed by atoms with Crippen molar-refractivity contribution in [1.29, 1.82) is 0 Å². The summed E-state index contributed by atoms with van der Waals surface area (Å²) in [4.78, 5) is 48.8. The maximum Gasteiger partial charge on any atom is 0.253 e. The number of nitrogens with zero attached hydrogens (tertiary/aromatic N) is 3. The van der Waals surface area contributed by atoms with Crippen molar-refractivity contribution in [2.45, 2.75) is 84.0 Å². The molecule has 1 aromatic carbocycles. The molecule has 3 heterocycles. The number of fused-ring (bicyclic) bond motifs is 1. The molecule has 8 heteroatoms. The minimum absolute atomic E-state index is 0.0269. The van der Waals surface area contributed by atoms with E-state index in [1.165, 1.54) is 0 Å². The Labute approximate surface area is 251 Å². The third kappa shape index (κ3) is 5.21. The Bertz CT molecular complexity index is 1220. The molecule has 3 saturated heterocycles. The maximum absolute atomic E-state index is 14.9. The fraction of sp³-hybridized carbons (Fsp3) is 0.618. The van der Waals surface area contributed by atoms with E-state index >= 15 is 0 Å². The molecule has 4 rings (SSSR count). The van der Waals surface area contributed by atoms with Crippen LogP contribution in [0.15, 0.2) is 43.5 Å². The van der Waals surface area contributed by atoms with Gasteiger partial charge in [0, 0.05) is 38.5 Å². The summed E-state index contributed by atoms with van der Waals surface area (Å²) in [6.45, 7) is 19.5. The Hall–Kier alpha value is -2.97. The standard InChI is InChI=1S/C34H49N3O5/c1-8-16-35(17-9-2)30(39)27-28-31(40)37(19-12-11-13-20-38)29(34(28)22-25(6)33(27,7)42-34)32(41)36(18-10-3)26-21-23(4)14-15-24(26)5/h8,10,14-15,21,25,27-29,38H,1,3,9,11-13,16-20,22H2,2,4-7H3/t25?,27-,28-,29?,33+,34?/m0/s1. The SMILES string of the molecule is C=CCN(CCC)C(=O)[C@@H]1[C@H]2C(=O)N(CCCCCO)C(C(=O)N(CC=C)c3cc(C)ccc3C)C23CC(C)[C@@]1(C)O3. The lowest BCUT2D eigenvalue weighted by atomic mass is 9.62. The molecule has 3 aliphatic rings. The summed E-state index contributed by atoms with van der Waals surface area (Å²) in [7, 11) is 0. The molecule has 3 aliphatic heterocycles. The number of hydrogen-bond donors (Lipinski definition) is 1. The third-order valence-corrected chi connectivity index (χ3v) is 9.76. The number of likely N-dealkylation sites (tertiary alicyclic amines) is 1. The topological polar surface area (TPSA) is 90.4 Å². The van der Waals surface area contributed by atoms with Crippen molar-refractivity contribution in [2.75, 3.05) is 37.7 Å². The molecule has 3 unspecified atom stereocenters. The average molecular weight is 580 g/mol. The number of amides is 3. The number of anilines is 1. The van der Waals surface area contributed by atoms with E-state index in [4.69, 9.17) is 4.74 Å². The number of aliphatic hydroxyl groups is 1. The van der Waals surface area contributed by atoms with E-state index < -0.39 is 29.1 Å². The zero-order chi connectivity index (χ0) is 30.8. The van der Waals surface area contributed by atoms with Crippen LogP contribution in [0, 0.1) is 31.6 Å². The van der Waals surface area contributed by atoms with Gasteiger partial charge >= 0.3 is 0 Å². The summed E-state index contributed by atoms with van der Waals surface area (Å²) >= 11 is 0. The fourth-order valence-electron chi connectivity index (χ4n) is 7.71. The number of benzene rings is 1. The van der Waals surface area contributed by atoms with Crippen molar-refractivity contribution in [3.63, 3.8) is 0 Å². The molecule has 0 saturated carbocycles. The molecule has 230 valence electrons. The Morgan fingerprint density at radius 2 is 1.86 bits per heavy atom. The predicted molar refractivity (Wildman–Crippen MR) is 165 cm³/mol. The molecular weight excluding hydrogens is 530 g/mol. The van der Waals surface area contributed by atoms with Gasteiger partial charge in [0.25, 0.3) is 5.91 Å². The highest BCUT2D eigenvalue weighted by Gasteiger charge is 2.80. The highest BCUT2D eigenvalue weighted by atomic mass is 16.5. The number of hydrogen-bond acceptors (Lipinski definition) is 5. The molecule has 0 radical (unpaired) electrons. The van der Waals surface area contributed by atoms with E-state index in [9.17, 15) is 19.5 Å². The summed E-state index contributed by atoms with van der Waals surface area (Å²) in [6.07, 6.45) is 6.74. The van der Waals surface area contributed by atoms with E-state index in [-0.39, 0.29) is 36.8 Å². The van der Waals surface area contributed by atoms with Crippen LogP contribution in [0.1, 0.15) is 64.0 Å². The summed E-state index contributed by atoms with van der Waals surface area (Å²) in [6, 6.07) is 5.14. The second-order valence-corrected chi connectivity index (χ2v) is 12.6. The maximum atomic E-state index is 14.9. The Balaban J connectivity index is 1.83. The number of rotatable bonds is 14. The van der Waals surface area contributed by atoms with Crippen LogP contribution in [0.25, 0.3) is 0 Å². The predicted octanol–water partition coefficient (Wildman–Crippen LogP) is 4.42. The number of aliphatic hydroxyl groups excluding tert-OH is 1. The van der Waals surface area contributed by atoms with E-state index in [1.807, 2.05) is 45.9 Å². The van der Waals surface area contributed by atoms with E-state index in [2.05, 4.69) is 20.1 Å². The van der Waals surface area contributed by atoms with Crippen LogP contribution in [-0.2, 0) is 19.1 Å². The number of ether oxygens (including phenoxy) is 1. The summed E-state index contributed by atoms with van der Waals surface area (Å²) in [5, 5.41) is 9.35. The largest absolute Gasteiger partial charge is 0.396 e. The molecule has 2 bridgehead atoms. The molecule has 1 aromatic rings. The molecule has 0 aromatic heterocycles. The van der Waals surface area contributed by atoms with Gasteiger partial charge in [-0.3, -0.25) is 14.4 Å². The Kier molecular flexibility index (Phi) is 9.68. The summed E-state index contributed by atoms with van der Waals surface area (Å²) in [5.74, 6) is -1.95. The minimum atomic E-state index is -1.11. The molecule has 1 spiro atoms. The molecule has 3 amide bonds. The first kappa shape index (κ1) is 32.0. The van der Waals surface area contributed by atoms with Crippen molar-refractivity contribution < 1.29 is 24.2 Å². The van der Waals surface area contributed by atoms with Crippen molar-refractivity contribution in [3.8, 4) is 0 Å². The van der Waals surface area contributed by atoms with Crippen LogP contribution in [0.2, 0.25) is 0 Å². The van der Waals surface area contributed by atoms with Gasteiger partial charge in [-0.25, -0.2) is 0 Å². The van der Waals surface area contributed by atoms with E-state index in [0.717, 1.165) is 29.7 Å². The number of aryl methyl sites for hydroxylation is 2. The quantitative estimate of drug-likeness (QED) is 0.260. The first-order valence-corrected chi connectivity index (χ1v) is 15.5. The second-order valence-electron chi connectivity index (χ2n) is 12.6. The second kappa shape index (κ2) is 12.7. The fourth-order valence-corrected chi connectivity index (χ4v) is 7.71. The highest BCUT2D eigenvalue weighted by molar-refractivity contribution is 6.05. The van der Waals surface area contributed by atoms with Gasteiger partial charge in [-0.1, -0.05) is 38.1 Å². The van der Waals surface area contributed by atoms with Gasteiger partial charge in [0.05, 0.1) is 17.4 Å². The van der Waals surface area contributed by atoms with Crippen LogP contribution >= 0.6 is 0 Å². The van der Waals surface area contributed by atoms with Gasteiger partial charge in [0.1, 0.15) is 11.6 Å². The van der Waals surface area contributed by atoms with Crippen molar-refractivity contribution in [1.82, 2.24) is 9.80 Å². The lowest BCUT2D eigenvalue weighted by Crippen LogP contribution is -2.57. The molecule has 1 N–H and O–H groups in total. The van der Waals surface area contributed by atoms with Gasteiger partial charge in [-0.15, -0.1) is 13.2 Å². The lowest BCUT2D eigenvalue weighted by molar-refractivity contribution is -0.151. The molecule has 42 heavy (non-hydrogen) atoms. The molecule has 3 fully saturated rings. The van der Waals surface area contributed by atoms with Gasteiger partial charge in [-0.2, -0.15) is 0 Å². The van der Waals surface area contributed by atoms with Gasteiger partial charge in [-0.05, 0) is 76.0 Å². The third-order valence-electron chi connectivity index (χ3n) is 9.76. The van der Waals surface area contributed by atoms with E-state index in [0.29, 0.717) is 38.9 Å². The Morgan fingerprint density at radius 1 is 1.14 bits per heavy atom. The van der Waals surface area contributed by atoms with Crippen molar-refractivity contribution in [2.24, 2.45) is 17.8 Å². The molecule has 6 atom stereocenters. The monoisotopic (exact) mass is 579 g/mol. The number of carbonyl (C=O) groups excluding carboxylic acids is 3. The summed E-state index contributed by atoms with van der Waals surface area (Å²) in [5.41, 5.74) is 0.789. The molecule has 0 aliphatic carbocycles. The van der Waals surface area contributed by atoms with Gasteiger partial charge in [0.15, 0.2) is 0 Å². The first-order valence-electron chi connectivity index (χ1n) is 15.5. The summed E-state index contributed by atoms with van der Waals surface area (Å²) < 4.78 is 6.95. The van der Waals surface area contributed by atoms with Crippen LogP contribution < -0.4 is 4.90 Å². The smallest absolute Gasteiger partial charge is 0.253 e. The number of carbonyl (C=O) groups is 3. The van der Waals surface area contributed by atoms with Gasteiger partial charge in [0.2, 0.25) is 11.8 Å². The van der Waals surface area contributed by atoms with Crippen LogP contribution in [0.4, 0.5) is 5.69 Å². The molecular formula is C34H49N3O5. The highest BCUT2D eigenvalue weighted by Crippen LogP contribution is 2.65. The first-order chi connectivity index (χ1) is 20.0. The minimum Gasteiger partial charge on any atom is -0.396 e. The van der Waals surface area contributed by atoms with Crippen LogP contribution in [-0.4, -0.2) is 82.7 Å². The van der Waals surface area contributed by atoms with Crippen LogP contribution in [0.5, 0.6) is 0 Å². The normalized spacial score (nSPS) is 29.5. The van der Waals surface area contributed by atoms with Crippen LogP contribution in [0.3, 0.4) is 0 Å². The van der Waals surface area contributed by atoms with Crippen molar-refractivity contribution in [3.05, 3.63) is 54.6 Å². The average Bonchev–Trinajstić information content (AvgIpc) is 3.46. The van der Waals surface area contributed by atoms with E-state index in [1.54, 1.807) is 26.9 Å².